The third-order valence-electron chi connectivity index (χ3n) is 1.80. The summed E-state index contributed by atoms with van der Waals surface area (Å²) in [6.45, 7) is 2.25. The highest BCUT2D eigenvalue weighted by molar-refractivity contribution is 5.26. The van der Waals surface area contributed by atoms with E-state index in [-0.39, 0.29) is 0 Å². The molecule has 1 rings (SSSR count). The van der Waals surface area contributed by atoms with E-state index in [1.54, 1.807) is 0 Å². The molecule has 0 spiro atoms. The van der Waals surface area contributed by atoms with Crippen LogP contribution in [-0.2, 0) is 0 Å². The van der Waals surface area contributed by atoms with E-state index >= 15 is 0 Å². The maximum atomic E-state index is 5.25. The first-order chi connectivity index (χ1) is 4.33. The molecule has 1 atom stereocenters. The Balaban J connectivity index is 2.56. The van der Waals surface area contributed by atoms with Gasteiger partial charge in [0.1, 0.15) is 0 Å². The van der Waals surface area contributed by atoms with Crippen LogP contribution in [0.1, 0.15) is 26.2 Å². The number of hydrogen-bond acceptors (Lipinski definition) is 0. The highest BCUT2D eigenvalue weighted by Gasteiger charge is 2.07. The van der Waals surface area contributed by atoms with Crippen molar-refractivity contribution in [2.24, 2.45) is 5.92 Å². The molecule has 1 aliphatic carbocycles. The molecule has 0 aliphatic heterocycles. The first-order valence-electron chi connectivity index (χ1n) is 3.48. The van der Waals surface area contributed by atoms with Crippen LogP contribution in [0.5, 0.6) is 0 Å². The van der Waals surface area contributed by atoms with Gasteiger partial charge in [0.2, 0.25) is 0 Å². The second-order valence-corrected chi connectivity index (χ2v) is 2.76. The van der Waals surface area contributed by atoms with Crippen molar-refractivity contribution < 1.29 is 0 Å². The first-order valence-corrected chi connectivity index (χ1v) is 3.48. The molecule has 0 radical (unpaired) electrons. The standard InChI is InChI=1S/C9H12/c1-3-9-6-4-5-8(2)7-9/h1,6,8H,4-5,7H2,2H3. The summed E-state index contributed by atoms with van der Waals surface area (Å²) >= 11 is 0. The van der Waals surface area contributed by atoms with E-state index in [9.17, 15) is 0 Å². The van der Waals surface area contributed by atoms with Crippen molar-refractivity contribution in [2.45, 2.75) is 26.2 Å². The second-order valence-electron chi connectivity index (χ2n) is 2.76. The van der Waals surface area contributed by atoms with Gasteiger partial charge in [-0.1, -0.05) is 18.9 Å². The van der Waals surface area contributed by atoms with Crippen molar-refractivity contribution in [3.8, 4) is 12.3 Å². The van der Waals surface area contributed by atoms with Crippen molar-refractivity contribution in [2.75, 3.05) is 0 Å². The minimum atomic E-state index is 0.807. The molecular formula is C9H12. The van der Waals surface area contributed by atoms with E-state index < -0.39 is 0 Å². The largest absolute Gasteiger partial charge is 0.115 e. The van der Waals surface area contributed by atoms with E-state index in [1.165, 1.54) is 18.4 Å². The Kier molecular flexibility index (Phi) is 1.95. The molecule has 0 fully saturated rings. The molecule has 0 heteroatoms. The van der Waals surface area contributed by atoms with Crippen molar-refractivity contribution in [1.82, 2.24) is 0 Å². The van der Waals surface area contributed by atoms with Gasteiger partial charge in [0, 0.05) is 0 Å². The third kappa shape index (κ3) is 1.61. The summed E-state index contributed by atoms with van der Waals surface area (Å²) in [6, 6.07) is 0. The Hall–Kier alpha value is -0.700. The van der Waals surface area contributed by atoms with Crippen LogP contribution in [0.2, 0.25) is 0 Å². The van der Waals surface area contributed by atoms with E-state index in [2.05, 4.69) is 18.9 Å². The third-order valence-corrected chi connectivity index (χ3v) is 1.80. The zero-order valence-electron chi connectivity index (χ0n) is 5.85. The Morgan fingerprint density at radius 2 is 2.56 bits per heavy atom. The van der Waals surface area contributed by atoms with Gasteiger partial charge in [-0.15, -0.1) is 6.42 Å². The summed E-state index contributed by atoms with van der Waals surface area (Å²) < 4.78 is 0. The predicted molar refractivity (Wildman–Crippen MR) is 39.9 cm³/mol. The van der Waals surface area contributed by atoms with Crippen LogP contribution in [0.4, 0.5) is 0 Å². The van der Waals surface area contributed by atoms with Crippen molar-refractivity contribution >= 4 is 0 Å². The Labute approximate surface area is 57.0 Å². The molecule has 0 amide bonds. The van der Waals surface area contributed by atoms with E-state index in [4.69, 9.17) is 6.42 Å². The number of rotatable bonds is 0. The molecule has 0 saturated carbocycles. The minimum absolute atomic E-state index is 0.807. The van der Waals surface area contributed by atoms with Crippen LogP contribution in [0, 0.1) is 18.3 Å². The molecular weight excluding hydrogens is 108 g/mol. The molecule has 0 aromatic carbocycles. The molecule has 0 aromatic heterocycles. The molecule has 48 valence electrons. The molecule has 0 aromatic rings. The van der Waals surface area contributed by atoms with Gasteiger partial charge < -0.3 is 0 Å². The maximum absolute atomic E-state index is 5.25. The van der Waals surface area contributed by atoms with Gasteiger partial charge in [-0.25, -0.2) is 0 Å². The summed E-state index contributed by atoms with van der Waals surface area (Å²) in [7, 11) is 0. The summed E-state index contributed by atoms with van der Waals surface area (Å²) in [5, 5.41) is 0. The lowest BCUT2D eigenvalue weighted by Crippen LogP contribution is -2.00. The molecule has 1 aliphatic rings. The lowest BCUT2D eigenvalue weighted by atomic mass is 9.91. The summed E-state index contributed by atoms with van der Waals surface area (Å²) in [5.41, 5.74) is 1.20. The lowest BCUT2D eigenvalue weighted by molar-refractivity contribution is 0.517. The van der Waals surface area contributed by atoms with Gasteiger partial charge in [-0.2, -0.15) is 0 Å². The smallest absolute Gasteiger partial charge is 0.00196 e. The second kappa shape index (κ2) is 2.73. The first kappa shape index (κ1) is 6.42. The zero-order chi connectivity index (χ0) is 6.69. The Morgan fingerprint density at radius 3 is 3.00 bits per heavy atom. The lowest BCUT2D eigenvalue weighted by Gasteiger charge is -2.14. The molecule has 0 N–H and O–H groups in total. The van der Waals surface area contributed by atoms with Gasteiger partial charge in [0.15, 0.2) is 0 Å². The monoisotopic (exact) mass is 120 g/mol. The highest BCUT2D eigenvalue weighted by atomic mass is 14.1. The van der Waals surface area contributed by atoms with Crippen molar-refractivity contribution in [3.05, 3.63) is 11.6 Å². The van der Waals surface area contributed by atoms with Crippen LogP contribution >= 0.6 is 0 Å². The average molecular weight is 120 g/mol. The number of hydrogen-bond donors (Lipinski definition) is 0. The minimum Gasteiger partial charge on any atom is -0.115 e. The summed E-state index contributed by atoms with van der Waals surface area (Å²) in [4.78, 5) is 0. The van der Waals surface area contributed by atoms with E-state index in [0.717, 1.165) is 12.3 Å². The Morgan fingerprint density at radius 1 is 1.78 bits per heavy atom. The predicted octanol–water partition coefficient (Wildman–Crippen LogP) is 2.37. The Bertz CT molecular complexity index is 157. The number of allylic oxidation sites excluding steroid dienone is 2. The van der Waals surface area contributed by atoms with Crippen LogP contribution in [0.25, 0.3) is 0 Å². The van der Waals surface area contributed by atoms with Gasteiger partial charge in [-0.3, -0.25) is 0 Å². The topological polar surface area (TPSA) is 0 Å². The SMILES string of the molecule is C#CC1=CCCC(C)C1. The van der Waals surface area contributed by atoms with Gasteiger partial charge in [0.25, 0.3) is 0 Å². The van der Waals surface area contributed by atoms with Crippen LogP contribution in [-0.4, -0.2) is 0 Å². The van der Waals surface area contributed by atoms with Gasteiger partial charge in [-0.05, 0) is 30.8 Å². The summed E-state index contributed by atoms with van der Waals surface area (Å²) in [5.74, 6) is 3.50. The summed E-state index contributed by atoms with van der Waals surface area (Å²) in [6.07, 6.45) is 11.0. The number of terminal acetylenes is 1. The van der Waals surface area contributed by atoms with E-state index in [0.29, 0.717) is 0 Å². The molecule has 0 nitrogen and oxygen atoms in total. The zero-order valence-corrected chi connectivity index (χ0v) is 5.85. The van der Waals surface area contributed by atoms with Crippen LogP contribution in [0.3, 0.4) is 0 Å². The van der Waals surface area contributed by atoms with Crippen molar-refractivity contribution in [1.29, 1.82) is 0 Å². The van der Waals surface area contributed by atoms with E-state index in [1.807, 2.05) is 0 Å². The fourth-order valence-electron chi connectivity index (χ4n) is 1.22. The maximum Gasteiger partial charge on any atom is -0.00196 e. The fraction of sp³-hybridized carbons (Fsp3) is 0.556. The van der Waals surface area contributed by atoms with Gasteiger partial charge >= 0.3 is 0 Å². The van der Waals surface area contributed by atoms with Gasteiger partial charge in [0.05, 0.1) is 0 Å². The molecule has 9 heavy (non-hydrogen) atoms. The highest BCUT2D eigenvalue weighted by Crippen LogP contribution is 2.22. The van der Waals surface area contributed by atoms with Crippen molar-refractivity contribution in [3.63, 3.8) is 0 Å². The molecule has 1 unspecified atom stereocenters. The molecule has 0 saturated heterocycles. The van der Waals surface area contributed by atoms with Crippen LogP contribution < -0.4 is 0 Å². The normalized spacial score (nSPS) is 26.7. The fourth-order valence-corrected chi connectivity index (χ4v) is 1.22. The molecule has 0 bridgehead atoms. The average Bonchev–Trinajstić information content (AvgIpc) is 1.88. The van der Waals surface area contributed by atoms with Crippen LogP contribution in [0.15, 0.2) is 11.6 Å². The molecule has 0 heterocycles. The quantitative estimate of drug-likeness (QED) is 0.430.